The third-order valence-corrected chi connectivity index (χ3v) is 5.69. The van der Waals surface area contributed by atoms with Crippen LogP contribution in [0.3, 0.4) is 0 Å². The van der Waals surface area contributed by atoms with Crippen LogP contribution >= 0.6 is 11.6 Å². The molecule has 1 atom stereocenters. The Morgan fingerprint density at radius 3 is 2.61 bits per heavy atom. The molecule has 1 aliphatic heterocycles. The van der Waals surface area contributed by atoms with E-state index in [0.717, 1.165) is 11.1 Å². The number of hydrogen-bond acceptors (Lipinski definition) is 4. The summed E-state index contributed by atoms with van der Waals surface area (Å²) >= 11 is 6.32. The van der Waals surface area contributed by atoms with Gasteiger partial charge in [-0.15, -0.1) is 0 Å². The molecule has 3 aromatic rings. The molecule has 0 bridgehead atoms. The normalized spacial score (nSPS) is 15.6. The number of aliphatic imine (C=N–C) groups is 1. The molecule has 3 aromatic carbocycles. The number of nitrogens with two attached hydrogens (primary N) is 2. The molecule has 6 nitrogen and oxygen atoms in total. The van der Waals surface area contributed by atoms with Crippen LogP contribution in [0.25, 0.3) is 0 Å². The van der Waals surface area contributed by atoms with Gasteiger partial charge in [0.1, 0.15) is 11.9 Å². The minimum atomic E-state index is -1.07. The van der Waals surface area contributed by atoms with Gasteiger partial charge in [-0.3, -0.25) is 14.6 Å². The predicted octanol–water partition coefficient (Wildman–Crippen LogP) is 3.57. The SMILES string of the molecule is NCc1cccc(C2=NC(CC(N)=O)C(=O)N(Cc3ccccc3F)c3ccc(Cl)cc32)c1. The first kappa shape index (κ1) is 22.6. The van der Waals surface area contributed by atoms with Gasteiger partial charge in [-0.25, -0.2) is 4.39 Å². The molecule has 168 valence electrons. The monoisotopic (exact) mass is 464 g/mol. The van der Waals surface area contributed by atoms with E-state index in [9.17, 15) is 14.0 Å². The zero-order valence-corrected chi connectivity index (χ0v) is 18.4. The quantitative estimate of drug-likeness (QED) is 0.583. The van der Waals surface area contributed by atoms with Gasteiger partial charge < -0.3 is 16.4 Å². The molecule has 0 radical (unpaired) electrons. The number of hydrogen-bond donors (Lipinski definition) is 2. The van der Waals surface area contributed by atoms with Crippen molar-refractivity contribution in [2.45, 2.75) is 25.6 Å². The summed E-state index contributed by atoms with van der Waals surface area (Å²) < 4.78 is 14.5. The highest BCUT2D eigenvalue weighted by Gasteiger charge is 2.33. The molecule has 2 amide bonds. The number of benzodiazepines with no additional fused rings is 1. The molecule has 8 heteroatoms. The van der Waals surface area contributed by atoms with Gasteiger partial charge in [-0.2, -0.15) is 0 Å². The summed E-state index contributed by atoms with van der Waals surface area (Å²) in [7, 11) is 0. The molecule has 0 fully saturated rings. The second-order valence-corrected chi connectivity index (χ2v) is 8.18. The number of carbonyl (C=O) groups excluding carboxylic acids is 2. The number of anilines is 1. The van der Waals surface area contributed by atoms with Crippen molar-refractivity contribution in [2.24, 2.45) is 16.5 Å². The maximum Gasteiger partial charge on any atom is 0.252 e. The van der Waals surface area contributed by atoms with Crippen LogP contribution < -0.4 is 16.4 Å². The van der Waals surface area contributed by atoms with Crippen LogP contribution in [0.5, 0.6) is 0 Å². The van der Waals surface area contributed by atoms with Crippen LogP contribution in [-0.4, -0.2) is 23.6 Å². The summed E-state index contributed by atoms with van der Waals surface area (Å²) in [6.07, 6.45) is -0.283. The molecule has 33 heavy (non-hydrogen) atoms. The van der Waals surface area contributed by atoms with Gasteiger partial charge in [-0.1, -0.05) is 48.0 Å². The van der Waals surface area contributed by atoms with Crippen molar-refractivity contribution in [1.82, 2.24) is 0 Å². The summed E-state index contributed by atoms with van der Waals surface area (Å²) in [5.41, 5.74) is 14.8. The van der Waals surface area contributed by atoms with Crippen molar-refractivity contribution in [3.63, 3.8) is 0 Å². The topological polar surface area (TPSA) is 102 Å². The average Bonchev–Trinajstić information content (AvgIpc) is 2.90. The van der Waals surface area contributed by atoms with Crippen molar-refractivity contribution < 1.29 is 14.0 Å². The van der Waals surface area contributed by atoms with Crippen molar-refractivity contribution >= 4 is 34.8 Å². The molecule has 0 spiro atoms. The molecule has 0 saturated carbocycles. The highest BCUT2D eigenvalue weighted by atomic mass is 35.5. The zero-order valence-electron chi connectivity index (χ0n) is 17.7. The summed E-state index contributed by atoms with van der Waals surface area (Å²) in [6, 6.07) is 17.7. The number of halogens is 2. The van der Waals surface area contributed by atoms with Crippen LogP contribution in [0.4, 0.5) is 10.1 Å². The van der Waals surface area contributed by atoms with E-state index in [1.807, 2.05) is 24.3 Å². The number of rotatable bonds is 6. The van der Waals surface area contributed by atoms with Crippen LogP contribution in [0, 0.1) is 5.82 Å². The Hall–Kier alpha value is -3.55. The Kier molecular flexibility index (Phi) is 6.53. The maximum atomic E-state index is 14.5. The number of carbonyl (C=O) groups is 2. The van der Waals surface area contributed by atoms with Crippen LogP contribution in [0.15, 0.2) is 71.7 Å². The van der Waals surface area contributed by atoms with Crippen LogP contribution in [0.2, 0.25) is 5.02 Å². The predicted molar refractivity (Wildman–Crippen MR) is 127 cm³/mol. The van der Waals surface area contributed by atoms with E-state index in [1.165, 1.54) is 11.0 Å². The van der Waals surface area contributed by atoms with Crippen molar-refractivity contribution in [3.8, 4) is 0 Å². The Balaban J connectivity index is 1.92. The Bertz CT molecular complexity index is 1260. The van der Waals surface area contributed by atoms with Gasteiger partial charge in [-0.05, 0) is 35.9 Å². The van der Waals surface area contributed by atoms with Crippen molar-refractivity contribution in [2.75, 3.05) is 4.90 Å². The molecule has 0 aliphatic carbocycles. The molecule has 4 N–H and O–H groups in total. The lowest BCUT2D eigenvalue weighted by Gasteiger charge is -2.25. The van der Waals surface area contributed by atoms with E-state index in [2.05, 4.69) is 4.99 Å². The van der Waals surface area contributed by atoms with E-state index in [0.29, 0.717) is 34.1 Å². The fourth-order valence-corrected chi connectivity index (χ4v) is 4.04. The second kappa shape index (κ2) is 9.52. The maximum absolute atomic E-state index is 14.5. The fourth-order valence-electron chi connectivity index (χ4n) is 3.87. The number of primary amides is 1. The van der Waals surface area contributed by atoms with E-state index in [-0.39, 0.29) is 13.0 Å². The van der Waals surface area contributed by atoms with E-state index < -0.39 is 23.7 Å². The number of amides is 2. The lowest BCUT2D eigenvalue weighted by Crippen LogP contribution is -2.39. The summed E-state index contributed by atoms with van der Waals surface area (Å²) in [5.74, 6) is -1.55. The average molecular weight is 465 g/mol. The Labute approximate surface area is 195 Å². The Morgan fingerprint density at radius 1 is 1.09 bits per heavy atom. The highest BCUT2D eigenvalue weighted by Crippen LogP contribution is 2.33. The first-order chi connectivity index (χ1) is 15.9. The largest absolute Gasteiger partial charge is 0.370 e. The first-order valence-corrected chi connectivity index (χ1v) is 10.8. The summed E-state index contributed by atoms with van der Waals surface area (Å²) in [5, 5.41) is 0.447. The first-order valence-electron chi connectivity index (χ1n) is 10.4. The molecule has 1 unspecified atom stereocenters. The third-order valence-electron chi connectivity index (χ3n) is 5.46. The van der Waals surface area contributed by atoms with Crippen molar-refractivity contribution in [3.05, 3.63) is 99.8 Å². The van der Waals surface area contributed by atoms with E-state index >= 15 is 0 Å². The zero-order chi connectivity index (χ0) is 23.5. The number of nitrogens with zero attached hydrogens (tertiary/aromatic N) is 2. The highest BCUT2D eigenvalue weighted by molar-refractivity contribution is 6.32. The van der Waals surface area contributed by atoms with Gasteiger partial charge in [0, 0.05) is 28.3 Å². The molecule has 0 saturated heterocycles. The van der Waals surface area contributed by atoms with Gasteiger partial charge in [0.15, 0.2) is 0 Å². The van der Waals surface area contributed by atoms with Gasteiger partial charge in [0.2, 0.25) is 5.91 Å². The minimum absolute atomic E-state index is 0.0406. The molecule has 1 heterocycles. The number of fused-ring (bicyclic) bond motifs is 1. The van der Waals surface area contributed by atoms with Gasteiger partial charge >= 0.3 is 0 Å². The number of benzene rings is 3. The molecular formula is C25H22ClFN4O2. The van der Waals surface area contributed by atoms with E-state index in [4.69, 9.17) is 23.1 Å². The van der Waals surface area contributed by atoms with E-state index in [1.54, 1.807) is 36.4 Å². The lowest BCUT2D eigenvalue weighted by molar-refractivity contribution is -0.124. The second-order valence-electron chi connectivity index (χ2n) is 7.75. The summed E-state index contributed by atoms with van der Waals surface area (Å²) in [4.78, 5) is 31.5. The van der Waals surface area contributed by atoms with Crippen molar-refractivity contribution in [1.29, 1.82) is 0 Å². The minimum Gasteiger partial charge on any atom is -0.370 e. The molecule has 0 aromatic heterocycles. The standard InChI is InChI=1S/C25H22ClFN4O2/c26-18-8-9-22-19(11-18)24(16-6-3-4-15(10-16)13-28)30-21(12-23(29)32)25(33)31(22)14-17-5-1-2-7-20(17)27/h1-11,21H,12-14,28H2,(H2,29,32). The van der Waals surface area contributed by atoms with Crippen LogP contribution in [0.1, 0.15) is 28.7 Å². The molecular weight excluding hydrogens is 443 g/mol. The summed E-state index contributed by atoms with van der Waals surface area (Å²) in [6.45, 7) is 0.285. The van der Waals surface area contributed by atoms with Crippen LogP contribution in [-0.2, 0) is 22.7 Å². The molecule has 4 rings (SSSR count). The molecule has 1 aliphatic rings. The smallest absolute Gasteiger partial charge is 0.252 e. The Morgan fingerprint density at radius 2 is 1.88 bits per heavy atom. The van der Waals surface area contributed by atoms with Gasteiger partial charge in [0.05, 0.1) is 24.4 Å². The fraction of sp³-hybridized carbons (Fsp3) is 0.160. The lowest BCUT2D eigenvalue weighted by atomic mass is 9.98. The third kappa shape index (κ3) is 4.79. The van der Waals surface area contributed by atoms with Gasteiger partial charge in [0.25, 0.3) is 5.91 Å².